The zero-order valence-corrected chi connectivity index (χ0v) is 13.7. The molecular formula is C14H19ISi. The van der Waals surface area contributed by atoms with Gasteiger partial charge in [-0.1, -0.05) is 38.9 Å². The molecule has 0 spiro atoms. The van der Waals surface area contributed by atoms with Crippen LogP contribution in [0.15, 0.2) is 18.2 Å². The lowest BCUT2D eigenvalue weighted by Gasteiger charge is -2.05. The third kappa shape index (κ3) is 4.71. The summed E-state index contributed by atoms with van der Waals surface area (Å²) < 4.78 is 1.36. The van der Waals surface area contributed by atoms with Gasteiger partial charge in [-0.2, -0.15) is 0 Å². The number of benzene rings is 1. The van der Waals surface area contributed by atoms with E-state index in [0.717, 1.165) is 6.42 Å². The van der Waals surface area contributed by atoms with Crippen molar-refractivity contribution in [2.45, 2.75) is 39.4 Å². The molecule has 0 bridgehead atoms. The molecule has 0 aliphatic carbocycles. The van der Waals surface area contributed by atoms with Gasteiger partial charge in [0.15, 0.2) is 0 Å². The van der Waals surface area contributed by atoms with Crippen molar-refractivity contribution in [3.63, 3.8) is 0 Å². The Bertz CT molecular complexity index is 419. The van der Waals surface area contributed by atoms with Crippen LogP contribution in [0, 0.1) is 15.0 Å². The fraction of sp³-hybridized carbons (Fsp3) is 0.429. The van der Waals surface area contributed by atoms with Crippen LogP contribution in [-0.4, -0.2) is 8.07 Å². The molecule has 1 rings (SSSR count). The summed E-state index contributed by atoms with van der Waals surface area (Å²) in [6.07, 6.45) is 2.35. The van der Waals surface area contributed by atoms with Gasteiger partial charge in [-0.15, -0.1) is 5.54 Å². The van der Waals surface area contributed by atoms with Crippen molar-refractivity contribution in [1.82, 2.24) is 0 Å². The average molecular weight is 342 g/mol. The summed E-state index contributed by atoms with van der Waals surface area (Å²) >= 11 is 2.41. The number of hydrogen-bond acceptors (Lipinski definition) is 0. The highest BCUT2D eigenvalue weighted by Crippen LogP contribution is 2.16. The number of halogens is 1. The second-order valence-corrected chi connectivity index (χ2v) is 11.0. The molecule has 0 radical (unpaired) electrons. The molecule has 0 saturated heterocycles. The van der Waals surface area contributed by atoms with Gasteiger partial charge in [0.1, 0.15) is 8.07 Å². The normalized spacial score (nSPS) is 10.8. The van der Waals surface area contributed by atoms with Crippen molar-refractivity contribution in [1.29, 1.82) is 0 Å². The summed E-state index contributed by atoms with van der Waals surface area (Å²) in [6.45, 7) is 9.05. The molecule has 0 N–H and O–H groups in total. The van der Waals surface area contributed by atoms with Crippen molar-refractivity contribution in [2.24, 2.45) is 0 Å². The Hall–Kier alpha value is -0.273. The molecule has 0 aromatic heterocycles. The second kappa shape index (κ2) is 5.88. The molecule has 2 heteroatoms. The monoisotopic (exact) mass is 342 g/mol. The first-order chi connectivity index (χ1) is 7.42. The van der Waals surface area contributed by atoms with E-state index in [4.69, 9.17) is 0 Å². The molecule has 86 valence electrons. The zero-order valence-electron chi connectivity index (χ0n) is 10.5. The summed E-state index contributed by atoms with van der Waals surface area (Å²) in [6, 6.07) is 6.56. The van der Waals surface area contributed by atoms with Crippen LogP contribution in [0.25, 0.3) is 0 Å². The number of hydrogen-bond donors (Lipinski definition) is 0. The molecule has 0 heterocycles. The Morgan fingerprint density at radius 3 is 2.50 bits per heavy atom. The third-order valence-corrected chi connectivity index (χ3v) is 4.07. The summed E-state index contributed by atoms with van der Waals surface area (Å²) in [7, 11) is -1.25. The van der Waals surface area contributed by atoms with E-state index < -0.39 is 8.07 Å². The van der Waals surface area contributed by atoms with Crippen molar-refractivity contribution < 1.29 is 0 Å². The molecule has 0 aliphatic heterocycles. The second-order valence-electron chi connectivity index (χ2n) is 5.06. The van der Waals surface area contributed by atoms with E-state index in [0.29, 0.717) is 0 Å². The molecule has 0 unspecified atom stereocenters. The van der Waals surface area contributed by atoms with Crippen molar-refractivity contribution in [3.8, 4) is 11.5 Å². The van der Waals surface area contributed by atoms with Gasteiger partial charge in [-0.05, 0) is 52.8 Å². The van der Waals surface area contributed by atoms with E-state index in [1.165, 1.54) is 21.1 Å². The van der Waals surface area contributed by atoms with Crippen LogP contribution in [0.5, 0.6) is 0 Å². The number of rotatable bonds is 2. The summed E-state index contributed by atoms with van der Waals surface area (Å²) in [5.74, 6) is 3.32. The highest BCUT2D eigenvalue weighted by Gasteiger charge is 2.07. The molecular weight excluding hydrogens is 323 g/mol. The van der Waals surface area contributed by atoms with Crippen LogP contribution in [0.1, 0.15) is 24.5 Å². The van der Waals surface area contributed by atoms with Gasteiger partial charge >= 0.3 is 0 Å². The Morgan fingerprint density at radius 1 is 1.25 bits per heavy atom. The van der Waals surface area contributed by atoms with Crippen LogP contribution in [0.2, 0.25) is 19.6 Å². The molecule has 0 atom stereocenters. The highest BCUT2D eigenvalue weighted by molar-refractivity contribution is 14.1. The minimum Gasteiger partial charge on any atom is -0.127 e. The summed E-state index contributed by atoms with van der Waals surface area (Å²) in [5, 5.41) is 0. The minimum atomic E-state index is -1.25. The first kappa shape index (κ1) is 13.8. The van der Waals surface area contributed by atoms with E-state index in [2.05, 4.69) is 78.8 Å². The van der Waals surface area contributed by atoms with Gasteiger partial charge in [0.2, 0.25) is 0 Å². The van der Waals surface area contributed by atoms with E-state index in [1.807, 2.05) is 0 Å². The smallest absolute Gasteiger partial charge is 0.127 e. The van der Waals surface area contributed by atoms with Crippen LogP contribution in [0.3, 0.4) is 0 Å². The van der Waals surface area contributed by atoms with Crippen LogP contribution >= 0.6 is 22.6 Å². The lowest BCUT2D eigenvalue weighted by molar-refractivity contribution is 0.916. The third-order valence-electron chi connectivity index (χ3n) is 2.15. The standard InChI is InChI=1S/C14H19ISi/c1-5-6-13-11-12(7-8-14(13)15)9-10-16(2,3)4/h7-8,11H,5-6H2,1-4H3. The lowest BCUT2D eigenvalue weighted by Crippen LogP contribution is -2.16. The molecule has 0 nitrogen and oxygen atoms in total. The topological polar surface area (TPSA) is 0 Å². The molecule has 1 aromatic carbocycles. The first-order valence-corrected chi connectivity index (χ1v) is 10.3. The largest absolute Gasteiger partial charge is 0.129 e. The first-order valence-electron chi connectivity index (χ1n) is 5.74. The predicted octanol–water partition coefficient (Wildman–Crippen LogP) is 4.47. The predicted molar refractivity (Wildman–Crippen MR) is 83.4 cm³/mol. The van der Waals surface area contributed by atoms with Crippen LogP contribution in [-0.2, 0) is 6.42 Å². The molecule has 0 amide bonds. The molecule has 0 fully saturated rings. The minimum absolute atomic E-state index is 1.15. The summed E-state index contributed by atoms with van der Waals surface area (Å²) in [5.41, 5.74) is 6.02. The van der Waals surface area contributed by atoms with Gasteiger partial charge < -0.3 is 0 Å². The van der Waals surface area contributed by atoms with Gasteiger partial charge in [0, 0.05) is 9.13 Å². The summed E-state index contributed by atoms with van der Waals surface area (Å²) in [4.78, 5) is 0. The Labute approximate surface area is 114 Å². The maximum Gasteiger partial charge on any atom is 0.129 e. The molecule has 1 aromatic rings. The van der Waals surface area contributed by atoms with E-state index >= 15 is 0 Å². The lowest BCUT2D eigenvalue weighted by atomic mass is 10.1. The highest BCUT2D eigenvalue weighted by atomic mass is 127. The fourth-order valence-corrected chi connectivity index (χ4v) is 2.50. The SMILES string of the molecule is CCCc1cc(C#C[Si](C)(C)C)ccc1I. The van der Waals surface area contributed by atoms with E-state index in [1.54, 1.807) is 0 Å². The Morgan fingerprint density at radius 2 is 1.94 bits per heavy atom. The van der Waals surface area contributed by atoms with Crippen LogP contribution in [0.4, 0.5) is 0 Å². The molecule has 0 saturated carbocycles. The molecule has 16 heavy (non-hydrogen) atoms. The fourth-order valence-electron chi connectivity index (χ4n) is 1.37. The van der Waals surface area contributed by atoms with Gasteiger partial charge in [0.05, 0.1) is 0 Å². The Balaban J connectivity index is 2.98. The van der Waals surface area contributed by atoms with E-state index in [-0.39, 0.29) is 0 Å². The van der Waals surface area contributed by atoms with Crippen molar-refractivity contribution in [2.75, 3.05) is 0 Å². The van der Waals surface area contributed by atoms with Crippen LogP contribution < -0.4 is 0 Å². The zero-order chi connectivity index (χ0) is 12.2. The van der Waals surface area contributed by atoms with Gasteiger partial charge in [-0.3, -0.25) is 0 Å². The maximum absolute atomic E-state index is 3.41. The quantitative estimate of drug-likeness (QED) is 0.423. The van der Waals surface area contributed by atoms with Crippen molar-refractivity contribution in [3.05, 3.63) is 32.9 Å². The van der Waals surface area contributed by atoms with Crippen molar-refractivity contribution >= 4 is 30.7 Å². The number of aryl methyl sites for hydroxylation is 1. The van der Waals surface area contributed by atoms with Gasteiger partial charge in [-0.25, -0.2) is 0 Å². The van der Waals surface area contributed by atoms with E-state index in [9.17, 15) is 0 Å². The average Bonchev–Trinajstić information content (AvgIpc) is 2.18. The maximum atomic E-state index is 3.41. The Kier molecular flexibility index (Phi) is 5.07. The van der Waals surface area contributed by atoms with Gasteiger partial charge in [0.25, 0.3) is 0 Å². The molecule has 0 aliphatic rings.